The Balaban J connectivity index is 1.69. The van der Waals surface area contributed by atoms with E-state index in [0.717, 1.165) is 36.7 Å². The third kappa shape index (κ3) is 4.36. The van der Waals surface area contributed by atoms with E-state index in [1.807, 2.05) is 5.38 Å². The molecule has 2 aromatic rings. The van der Waals surface area contributed by atoms with Gasteiger partial charge in [0.2, 0.25) is 10.0 Å². The molecular weight excluding hydrogens is 387 g/mol. The minimum absolute atomic E-state index is 0.0143. The molecule has 1 aliphatic rings. The molecule has 1 aromatic heterocycles. The molecule has 1 atom stereocenters. The molecule has 1 fully saturated rings. The van der Waals surface area contributed by atoms with Crippen LogP contribution in [0.2, 0.25) is 0 Å². The van der Waals surface area contributed by atoms with Crippen molar-refractivity contribution >= 4 is 26.5 Å². The zero-order valence-electron chi connectivity index (χ0n) is 13.7. The topological polar surface area (TPSA) is 62.3 Å². The number of halogens is 3. The molecule has 0 bridgehead atoms. The minimum Gasteiger partial charge on any atom is -0.348 e. The van der Waals surface area contributed by atoms with Gasteiger partial charge in [-0.3, -0.25) is 0 Å². The summed E-state index contributed by atoms with van der Waals surface area (Å²) in [5, 5.41) is 2.75. The third-order valence-electron chi connectivity index (χ3n) is 4.25. The fourth-order valence-corrected chi connectivity index (χ4v) is 5.04. The summed E-state index contributed by atoms with van der Waals surface area (Å²) in [6.45, 7) is 1.56. The van der Waals surface area contributed by atoms with Crippen LogP contribution in [0, 0.1) is 5.92 Å². The van der Waals surface area contributed by atoms with Crippen LogP contribution in [0.5, 0.6) is 0 Å². The van der Waals surface area contributed by atoms with Gasteiger partial charge in [-0.05, 0) is 30.9 Å². The van der Waals surface area contributed by atoms with Gasteiger partial charge >= 0.3 is 6.18 Å². The normalized spacial score (nSPS) is 18.9. The van der Waals surface area contributed by atoms with Crippen molar-refractivity contribution in [2.24, 2.45) is 5.92 Å². The lowest BCUT2D eigenvalue weighted by Gasteiger charge is -2.32. The van der Waals surface area contributed by atoms with Crippen LogP contribution in [0.15, 0.2) is 40.7 Å². The summed E-state index contributed by atoms with van der Waals surface area (Å²) in [4.78, 5) is 5.59. The van der Waals surface area contributed by atoms with Gasteiger partial charge in [0, 0.05) is 31.2 Å². The summed E-state index contributed by atoms with van der Waals surface area (Å²) >= 11 is 1.51. The van der Waals surface area contributed by atoms with Crippen molar-refractivity contribution in [2.75, 3.05) is 24.5 Å². The lowest BCUT2D eigenvalue weighted by Crippen LogP contribution is -2.41. The Hall–Kier alpha value is -1.65. The summed E-state index contributed by atoms with van der Waals surface area (Å²) in [7, 11) is -4.25. The number of anilines is 1. The van der Waals surface area contributed by atoms with Crippen molar-refractivity contribution in [3.8, 4) is 0 Å². The first-order chi connectivity index (χ1) is 12.3. The molecule has 0 spiro atoms. The molecule has 0 saturated carbocycles. The van der Waals surface area contributed by atoms with Crippen molar-refractivity contribution < 1.29 is 21.6 Å². The molecule has 2 heterocycles. The number of nitrogens with one attached hydrogen (secondary N) is 1. The molecule has 1 N–H and O–H groups in total. The monoisotopic (exact) mass is 405 g/mol. The number of thiazole rings is 1. The van der Waals surface area contributed by atoms with Crippen LogP contribution in [0.1, 0.15) is 18.4 Å². The molecule has 0 amide bonds. The van der Waals surface area contributed by atoms with Crippen LogP contribution >= 0.6 is 11.3 Å². The van der Waals surface area contributed by atoms with Gasteiger partial charge in [-0.2, -0.15) is 13.2 Å². The molecule has 1 saturated heterocycles. The van der Waals surface area contributed by atoms with E-state index >= 15 is 0 Å². The number of hydrogen-bond acceptors (Lipinski definition) is 5. The number of alkyl halides is 3. The van der Waals surface area contributed by atoms with E-state index in [1.165, 1.54) is 23.5 Å². The number of benzene rings is 1. The molecule has 1 unspecified atom stereocenters. The largest absolute Gasteiger partial charge is 0.417 e. The Morgan fingerprint density at radius 3 is 2.77 bits per heavy atom. The summed E-state index contributed by atoms with van der Waals surface area (Å²) in [6, 6.07) is 4.22. The van der Waals surface area contributed by atoms with Gasteiger partial charge in [0.05, 0.1) is 10.5 Å². The van der Waals surface area contributed by atoms with Gasteiger partial charge in [-0.1, -0.05) is 12.1 Å². The molecule has 26 heavy (non-hydrogen) atoms. The van der Waals surface area contributed by atoms with Crippen molar-refractivity contribution in [2.45, 2.75) is 23.9 Å². The predicted molar refractivity (Wildman–Crippen MR) is 93.7 cm³/mol. The molecule has 5 nitrogen and oxygen atoms in total. The number of aromatic nitrogens is 1. The van der Waals surface area contributed by atoms with Crippen molar-refractivity contribution in [3.05, 3.63) is 41.4 Å². The Kier molecular flexibility index (Phi) is 5.54. The third-order valence-corrected chi connectivity index (χ3v) is 6.57. The standard InChI is InChI=1S/C16H18F3N3O2S2/c17-16(18,19)13-5-1-2-6-14(13)26(23,24)21-10-12-4-3-8-22(11-12)15-20-7-9-25-15/h1-2,5-7,9,12,21H,3-4,8,10-11H2. The molecule has 3 rings (SSSR count). The number of nitrogens with zero attached hydrogens (tertiary/aromatic N) is 2. The number of hydrogen-bond donors (Lipinski definition) is 1. The zero-order valence-corrected chi connectivity index (χ0v) is 15.4. The molecule has 0 aliphatic carbocycles. The number of sulfonamides is 1. The maximum Gasteiger partial charge on any atom is 0.417 e. The van der Waals surface area contributed by atoms with Gasteiger partial charge < -0.3 is 4.90 Å². The van der Waals surface area contributed by atoms with E-state index in [0.29, 0.717) is 6.54 Å². The second kappa shape index (κ2) is 7.53. The van der Waals surface area contributed by atoms with Gasteiger partial charge in [0.1, 0.15) is 0 Å². The SMILES string of the molecule is O=S(=O)(NCC1CCCN(c2nccs2)C1)c1ccccc1C(F)(F)F. The average molecular weight is 405 g/mol. The first kappa shape index (κ1) is 19.1. The van der Waals surface area contributed by atoms with Gasteiger partial charge in [-0.25, -0.2) is 18.1 Å². The number of piperidine rings is 1. The number of rotatable bonds is 5. The molecule has 1 aromatic carbocycles. The van der Waals surface area contributed by atoms with Crippen molar-refractivity contribution in [1.82, 2.24) is 9.71 Å². The van der Waals surface area contributed by atoms with Crippen LogP contribution in [0.3, 0.4) is 0 Å². The van der Waals surface area contributed by atoms with E-state index in [2.05, 4.69) is 14.6 Å². The van der Waals surface area contributed by atoms with Crippen LogP contribution in [-0.4, -0.2) is 33.0 Å². The molecule has 10 heteroatoms. The van der Waals surface area contributed by atoms with Crippen LogP contribution < -0.4 is 9.62 Å². The Morgan fingerprint density at radius 1 is 1.31 bits per heavy atom. The highest BCUT2D eigenvalue weighted by molar-refractivity contribution is 7.89. The highest BCUT2D eigenvalue weighted by Crippen LogP contribution is 2.34. The van der Waals surface area contributed by atoms with E-state index in [9.17, 15) is 21.6 Å². The lowest BCUT2D eigenvalue weighted by molar-refractivity contribution is -0.139. The van der Waals surface area contributed by atoms with Gasteiger partial charge in [-0.15, -0.1) is 11.3 Å². The minimum atomic E-state index is -4.72. The first-order valence-corrected chi connectivity index (χ1v) is 10.4. The maximum atomic E-state index is 13.1. The highest BCUT2D eigenvalue weighted by atomic mass is 32.2. The van der Waals surface area contributed by atoms with E-state index in [4.69, 9.17) is 0 Å². The predicted octanol–water partition coefficient (Wildman–Crippen LogP) is 3.36. The van der Waals surface area contributed by atoms with Crippen LogP contribution in [-0.2, 0) is 16.2 Å². The molecule has 0 radical (unpaired) electrons. The summed E-state index contributed by atoms with van der Waals surface area (Å²) in [6.07, 6.45) is -1.32. The lowest BCUT2D eigenvalue weighted by atomic mass is 9.99. The van der Waals surface area contributed by atoms with Gasteiger partial charge in [0.15, 0.2) is 5.13 Å². The quantitative estimate of drug-likeness (QED) is 0.829. The molecule has 1 aliphatic heterocycles. The maximum absolute atomic E-state index is 13.1. The van der Waals surface area contributed by atoms with Crippen LogP contribution in [0.25, 0.3) is 0 Å². The van der Waals surface area contributed by atoms with E-state index < -0.39 is 26.7 Å². The fraction of sp³-hybridized carbons (Fsp3) is 0.438. The summed E-state index contributed by atoms with van der Waals surface area (Å²) < 4.78 is 66.4. The van der Waals surface area contributed by atoms with Crippen molar-refractivity contribution in [3.63, 3.8) is 0 Å². The Morgan fingerprint density at radius 2 is 2.08 bits per heavy atom. The van der Waals surface area contributed by atoms with E-state index in [1.54, 1.807) is 6.20 Å². The Bertz CT molecular complexity index is 839. The average Bonchev–Trinajstić information content (AvgIpc) is 3.14. The zero-order chi connectivity index (χ0) is 18.8. The fourth-order valence-electron chi connectivity index (χ4n) is 3.02. The highest BCUT2D eigenvalue weighted by Gasteiger charge is 2.37. The second-order valence-corrected chi connectivity index (χ2v) is 8.72. The Labute approximate surface area is 153 Å². The van der Waals surface area contributed by atoms with Gasteiger partial charge in [0.25, 0.3) is 0 Å². The summed E-state index contributed by atoms with van der Waals surface area (Å²) in [5.41, 5.74) is -1.15. The first-order valence-electron chi connectivity index (χ1n) is 8.08. The second-order valence-electron chi connectivity index (χ2n) is 6.11. The van der Waals surface area contributed by atoms with Crippen LogP contribution in [0.4, 0.5) is 18.3 Å². The molecule has 142 valence electrons. The summed E-state index contributed by atoms with van der Waals surface area (Å²) in [5.74, 6) is 0.0143. The van der Waals surface area contributed by atoms with Crippen molar-refractivity contribution in [1.29, 1.82) is 0 Å². The molecular formula is C16H18F3N3O2S2. The van der Waals surface area contributed by atoms with E-state index in [-0.39, 0.29) is 12.5 Å². The smallest absolute Gasteiger partial charge is 0.348 e.